The van der Waals surface area contributed by atoms with Gasteiger partial charge in [0, 0.05) is 19.4 Å². The molecule has 1 unspecified atom stereocenters. The Balaban J connectivity index is 2.30. The monoisotopic (exact) mass is 287 g/mol. The number of nitrogens with one attached hydrogen (secondary N) is 1. The van der Waals surface area contributed by atoms with Crippen molar-refractivity contribution in [2.45, 2.75) is 50.7 Å². The summed E-state index contributed by atoms with van der Waals surface area (Å²) in [5.41, 5.74) is 0. The fourth-order valence-corrected chi connectivity index (χ4v) is 2.05. The summed E-state index contributed by atoms with van der Waals surface area (Å²) in [7, 11) is 1.23. The predicted molar refractivity (Wildman–Crippen MR) is 69.0 cm³/mol. The molecule has 0 saturated carbocycles. The lowest BCUT2D eigenvalue weighted by Gasteiger charge is -2.15. The van der Waals surface area contributed by atoms with Crippen LogP contribution in [0.15, 0.2) is 0 Å². The average Bonchev–Trinajstić information content (AvgIpc) is 2.93. The minimum atomic E-state index is -1.15. The van der Waals surface area contributed by atoms with E-state index in [9.17, 15) is 14.4 Å². The summed E-state index contributed by atoms with van der Waals surface area (Å²) in [6.45, 7) is 0.725. The maximum absolute atomic E-state index is 11.7. The molecule has 1 aliphatic rings. The van der Waals surface area contributed by atoms with Gasteiger partial charge in [-0.05, 0) is 25.7 Å². The number of esters is 1. The number of methoxy groups -OCH3 is 1. The summed E-state index contributed by atoms with van der Waals surface area (Å²) in [6, 6.07) is -1.06. The molecular weight excluding hydrogens is 266 g/mol. The van der Waals surface area contributed by atoms with Crippen LogP contribution in [-0.4, -0.2) is 48.8 Å². The summed E-state index contributed by atoms with van der Waals surface area (Å²) in [6.07, 6.45) is 2.84. The van der Waals surface area contributed by atoms with Gasteiger partial charge in [-0.1, -0.05) is 0 Å². The molecule has 1 fully saturated rings. The number of hydrogen-bond donors (Lipinski definition) is 2. The van der Waals surface area contributed by atoms with Crippen LogP contribution in [0.1, 0.15) is 38.5 Å². The first-order valence-corrected chi connectivity index (χ1v) is 6.73. The van der Waals surface area contributed by atoms with Crippen LogP contribution < -0.4 is 5.32 Å². The van der Waals surface area contributed by atoms with Gasteiger partial charge in [0.15, 0.2) is 0 Å². The zero-order chi connectivity index (χ0) is 15.0. The second-order valence-electron chi connectivity index (χ2n) is 4.75. The Morgan fingerprint density at radius 3 is 2.70 bits per heavy atom. The molecule has 114 valence electrons. The molecule has 1 aliphatic heterocycles. The summed E-state index contributed by atoms with van der Waals surface area (Å²) >= 11 is 0. The molecule has 0 aromatic rings. The molecule has 7 heteroatoms. The van der Waals surface area contributed by atoms with Crippen LogP contribution in [-0.2, 0) is 23.9 Å². The van der Waals surface area contributed by atoms with E-state index < -0.39 is 18.0 Å². The van der Waals surface area contributed by atoms with Crippen LogP contribution in [0.4, 0.5) is 0 Å². The highest BCUT2D eigenvalue weighted by Crippen LogP contribution is 2.16. The van der Waals surface area contributed by atoms with Crippen molar-refractivity contribution in [3.8, 4) is 0 Å². The highest BCUT2D eigenvalue weighted by molar-refractivity contribution is 5.84. The molecule has 7 nitrogen and oxygen atoms in total. The van der Waals surface area contributed by atoms with Crippen molar-refractivity contribution in [2.24, 2.45) is 0 Å². The SMILES string of the molecule is COC(=O)CC[C@@H](NC(=O)CCC1CCCO1)C(=O)O. The quantitative estimate of drug-likeness (QED) is 0.629. The van der Waals surface area contributed by atoms with E-state index >= 15 is 0 Å². The Kier molecular flexibility index (Phi) is 7.00. The van der Waals surface area contributed by atoms with Gasteiger partial charge in [-0.3, -0.25) is 9.59 Å². The second kappa shape index (κ2) is 8.52. The van der Waals surface area contributed by atoms with Gasteiger partial charge in [-0.2, -0.15) is 0 Å². The number of carboxylic acids is 1. The maximum Gasteiger partial charge on any atom is 0.326 e. The van der Waals surface area contributed by atoms with Gasteiger partial charge >= 0.3 is 11.9 Å². The third-order valence-corrected chi connectivity index (χ3v) is 3.22. The number of ether oxygens (including phenoxy) is 2. The predicted octanol–water partition coefficient (Wildman–Crippen LogP) is 0.468. The molecule has 2 N–H and O–H groups in total. The van der Waals surface area contributed by atoms with Crippen LogP contribution >= 0.6 is 0 Å². The minimum absolute atomic E-state index is 0.0215. The van der Waals surface area contributed by atoms with E-state index in [0.717, 1.165) is 19.4 Å². The van der Waals surface area contributed by atoms with Crippen molar-refractivity contribution in [3.05, 3.63) is 0 Å². The number of carbonyl (C=O) groups is 3. The number of hydrogen-bond acceptors (Lipinski definition) is 5. The minimum Gasteiger partial charge on any atom is -0.480 e. The van der Waals surface area contributed by atoms with Gasteiger partial charge in [0.1, 0.15) is 6.04 Å². The first-order chi connectivity index (χ1) is 9.52. The van der Waals surface area contributed by atoms with Crippen molar-refractivity contribution in [1.29, 1.82) is 0 Å². The molecule has 0 aliphatic carbocycles. The van der Waals surface area contributed by atoms with Crippen molar-refractivity contribution in [1.82, 2.24) is 5.32 Å². The topological polar surface area (TPSA) is 102 Å². The Bertz CT molecular complexity index is 351. The maximum atomic E-state index is 11.7. The highest BCUT2D eigenvalue weighted by Gasteiger charge is 2.22. The number of rotatable bonds is 8. The lowest BCUT2D eigenvalue weighted by Crippen LogP contribution is -2.41. The first-order valence-electron chi connectivity index (χ1n) is 6.73. The van der Waals surface area contributed by atoms with Crippen molar-refractivity contribution >= 4 is 17.8 Å². The van der Waals surface area contributed by atoms with E-state index in [1.165, 1.54) is 7.11 Å². The van der Waals surface area contributed by atoms with Crippen LogP contribution in [0, 0.1) is 0 Å². The van der Waals surface area contributed by atoms with E-state index in [-0.39, 0.29) is 31.3 Å². The van der Waals surface area contributed by atoms with Crippen LogP contribution in [0.25, 0.3) is 0 Å². The Labute approximate surface area is 117 Å². The van der Waals surface area contributed by atoms with Crippen LogP contribution in [0.2, 0.25) is 0 Å². The normalized spacial score (nSPS) is 19.4. The van der Waals surface area contributed by atoms with E-state index in [2.05, 4.69) is 10.1 Å². The largest absolute Gasteiger partial charge is 0.480 e. The molecule has 1 rings (SSSR count). The Morgan fingerprint density at radius 1 is 1.40 bits per heavy atom. The molecular formula is C13H21NO6. The van der Waals surface area contributed by atoms with Crippen LogP contribution in [0.3, 0.4) is 0 Å². The number of carboxylic acid groups (broad SMARTS) is 1. The molecule has 0 radical (unpaired) electrons. The fourth-order valence-electron chi connectivity index (χ4n) is 2.05. The van der Waals surface area contributed by atoms with Crippen molar-refractivity contribution in [3.63, 3.8) is 0 Å². The van der Waals surface area contributed by atoms with E-state index in [4.69, 9.17) is 9.84 Å². The summed E-state index contributed by atoms with van der Waals surface area (Å²) in [4.78, 5) is 33.7. The third kappa shape index (κ3) is 6.01. The van der Waals surface area contributed by atoms with Crippen molar-refractivity contribution in [2.75, 3.05) is 13.7 Å². The van der Waals surface area contributed by atoms with Gasteiger partial charge in [0.05, 0.1) is 13.2 Å². The lowest BCUT2D eigenvalue weighted by atomic mass is 10.1. The number of amides is 1. The molecule has 0 bridgehead atoms. The first kappa shape index (κ1) is 16.4. The van der Waals surface area contributed by atoms with Crippen molar-refractivity contribution < 1.29 is 29.0 Å². The van der Waals surface area contributed by atoms with Crippen LogP contribution in [0.5, 0.6) is 0 Å². The molecule has 1 saturated heterocycles. The lowest BCUT2D eigenvalue weighted by molar-refractivity contribution is -0.144. The van der Waals surface area contributed by atoms with E-state index in [1.54, 1.807) is 0 Å². The highest BCUT2D eigenvalue weighted by atomic mass is 16.5. The zero-order valence-corrected chi connectivity index (χ0v) is 11.6. The van der Waals surface area contributed by atoms with Gasteiger partial charge < -0.3 is 19.9 Å². The molecule has 0 aromatic carbocycles. The molecule has 0 aromatic heterocycles. The second-order valence-corrected chi connectivity index (χ2v) is 4.75. The Hall–Kier alpha value is -1.63. The molecule has 1 amide bonds. The molecule has 0 spiro atoms. The summed E-state index contributed by atoms with van der Waals surface area (Å²) < 4.78 is 9.83. The smallest absolute Gasteiger partial charge is 0.326 e. The Morgan fingerprint density at radius 2 is 2.15 bits per heavy atom. The van der Waals surface area contributed by atoms with E-state index in [1.807, 2.05) is 0 Å². The standard InChI is InChI=1S/C13H21NO6/c1-19-12(16)7-5-10(13(17)18)14-11(15)6-4-9-3-2-8-20-9/h9-10H,2-8H2,1H3,(H,14,15)(H,17,18)/t9?,10-/m1/s1. The molecule has 2 atom stereocenters. The third-order valence-electron chi connectivity index (χ3n) is 3.22. The number of carbonyl (C=O) groups excluding carboxylic acids is 2. The summed E-state index contributed by atoms with van der Waals surface area (Å²) in [5, 5.41) is 11.4. The molecule has 1 heterocycles. The van der Waals surface area contributed by atoms with Gasteiger partial charge in [0.2, 0.25) is 5.91 Å². The van der Waals surface area contributed by atoms with Gasteiger partial charge in [-0.15, -0.1) is 0 Å². The number of aliphatic carboxylic acids is 1. The van der Waals surface area contributed by atoms with Gasteiger partial charge in [0.25, 0.3) is 0 Å². The van der Waals surface area contributed by atoms with E-state index in [0.29, 0.717) is 6.42 Å². The zero-order valence-electron chi connectivity index (χ0n) is 11.6. The average molecular weight is 287 g/mol. The summed E-state index contributed by atoms with van der Waals surface area (Å²) in [5.74, 6) is -1.98. The fraction of sp³-hybridized carbons (Fsp3) is 0.769. The van der Waals surface area contributed by atoms with Gasteiger partial charge in [-0.25, -0.2) is 4.79 Å². The molecule has 20 heavy (non-hydrogen) atoms.